The van der Waals surface area contributed by atoms with Crippen molar-refractivity contribution in [2.24, 2.45) is 12.5 Å². The SMILES string of the molecule is CNC(=O)C(C)(C)CNCc1cc(C#N)n(C)c1C. The van der Waals surface area contributed by atoms with Gasteiger partial charge in [0.25, 0.3) is 0 Å². The lowest BCUT2D eigenvalue weighted by molar-refractivity contribution is -0.128. The Balaban J connectivity index is 2.64. The van der Waals surface area contributed by atoms with Crippen LogP contribution < -0.4 is 10.6 Å². The van der Waals surface area contributed by atoms with Crippen LogP contribution in [0.4, 0.5) is 0 Å². The van der Waals surface area contributed by atoms with Gasteiger partial charge in [0.1, 0.15) is 11.8 Å². The Morgan fingerprint density at radius 1 is 1.53 bits per heavy atom. The molecule has 0 saturated heterocycles. The maximum atomic E-state index is 11.6. The third-order valence-electron chi connectivity index (χ3n) is 3.48. The number of amides is 1. The molecule has 19 heavy (non-hydrogen) atoms. The van der Waals surface area contributed by atoms with E-state index < -0.39 is 5.41 Å². The summed E-state index contributed by atoms with van der Waals surface area (Å²) < 4.78 is 1.88. The predicted octanol–water partition coefficient (Wildman–Crippen LogP) is 1.07. The summed E-state index contributed by atoms with van der Waals surface area (Å²) in [6.45, 7) is 7.03. The van der Waals surface area contributed by atoms with Crippen molar-refractivity contribution in [3.63, 3.8) is 0 Å². The van der Waals surface area contributed by atoms with Crippen LogP contribution in [-0.4, -0.2) is 24.1 Å². The molecule has 0 fully saturated rings. The molecular formula is C14H22N4O. The summed E-state index contributed by atoms with van der Waals surface area (Å²) in [6.07, 6.45) is 0. The smallest absolute Gasteiger partial charge is 0.226 e. The molecule has 2 N–H and O–H groups in total. The van der Waals surface area contributed by atoms with Gasteiger partial charge in [-0.1, -0.05) is 0 Å². The van der Waals surface area contributed by atoms with Crippen molar-refractivity contribution >= 4 is 5.91 Å². The quantitative estimate of drug-likeness (QED) is 0.834. The van der Waals surface area contributed by atoms with Crippen LogP contribution in [0, 0.1) is 23.7 Å². The summed E-state index contributed by atoms with van der Waals surface area (Å²) in [5, 5.41) is 14.9. The molecule has 1 rings (SSSR count). The molecule has 1 amide bonds. The number of nitrogens with one attached hydrogen (secondary N) is 2. The highest BCUT2D eigenvalue weighted by Crippen LogP contribution is 2.16. The third kappa shape index (κ3) is 3.36. The topological polar surface area (TPSA) is 69.8 Å². The van der Waals surface area contributed by atoms with Gasteiger partial charge in [0.2, 0.25) is 5.91 Å². The zero-order valence-corrected chi connectivity index (χ0v) is 12.3. The molecule has 0 aliphatic heterocycles. The maximum Gasteiger partial charge on any atom is 0.226 e. The molecule has 0 atom stereocenters. The zero-order chi connectivity index (χ0) is 14.6. The Kier molecular flexibility index (Phi) is 4.73. The molecule has 5 nitrogen and oxygen atoms in total. The van der Waals surface area contributed by atoms with E-state index >= 15 is 0 Å². The Labute approximate surface area is 114 Å². The van der Waals surface area contributed by atoms with Crippen molar-refractivity contribution < 1.29 is 4.79 Å². The molecule has 0 aliphatic carbocycles. The first-order chi connectivity index (χ1) is 8.83. The molecule has 1 aromatic rings. The van der Waals surface area contributed by atoms with Crippen molar-refractivity contribution in [2.45, 2.75) is 27.3 Å². The Bertz CT molecular complexity index is 508. The number of carbonyl (C=O) groups is 1. The van der Waals surface area contributed by atoms with Crippen molar-refractivity contribution in [2.75, 3.05) is 13.6 Å². The first-order valence-electron chi connectivity index (χ1n) is 6.31. The summed E-state index contributed by atoms with van der Waals surface area (Å²) in [5.74, 6) is 0.0162. The average molecular weight is 262 g/mol. The van der Waals surface area contributed by atoms with Crippen LogP contribution in [0.25, 0.3) is 0 Å². The molecule has 1 heterocycles. The summed E-state index contributed by atoms with van der Waals surface area (Å²) in [7, 11) is 3.52. The van der Waals surface area contributed by atoms with Gasteiger partial charge in [0.15, 0.2) is 0 Å². The molecule has 0 spiro atoms. The number of hydrogen-bond donors (Lipinski definition) is 2. The number of carbonyl (C=O) groups excluding carboxylic acids is 1. The average Bonchev–Trinajstić information content (AvgIpc) is 2.65. The molecule has 0 aromatic carbocycles. The van der Waals surface area contributed by atoms with E-state index in [1.54, 1.807) is 7.05 Å². The van der Waals surface area contributed by atoms with Gasteiger partial charge in [0.05, 0.1) is 5.41 Å². The zero-order valence-electron chi connectivity index (χ0n) is 12.3. The fourth-order valence-electron chi connectivity index (χ4n) is 1.98. The summed E-state index contributed by atoms with van der Waals surface area (Å²) >= 11 is 0. The molecule has 0 aliphatic rings. The predicted molar refractivity (Wildman–Crippen MR) is 74.4 cm³/mol. The Morgan fingerprint density at radius 2 is 2.16 bits per heavy atom. The number of nitriles is 1. The van der Waals surface area contributed by atoms with E-state index in [1.165, 1.54) is 0 Å². The van der Waals surface area contributed by atoms with Crippen molar-refractivity contribution in [1.82, 2.24) is 15.2 Å². The number of hydrogen-bond acceptors (Lipinski definition) is 3. The molecule has 0 bridgehead atoms. The van der Waals surface area contributed by atoms with E-state index in [0.717, 1.165) is 11.3 Å². The number of aromatic nitrogens is 1. The molecule has 0 unspecified atom stereocenters. The second-order valence-electron chi connectivity index (χ2n) is 5.38. The van der Waals surface area contributed by atoms with Crippen LogP contribution in [0.3, 0.4) is 0 Å². The van der Waals surface area contributed by atoms with Gasteiger partial charge < -0.3 is 15.2 Å². The lowest BCUT2D eigenvalue weighted by Crippen LogP contribution is -2.41. The van der Waals surface area contributed by atoms with Crippen LogP contribution >= 0.6 is 0 Å². The lowest BCUT2D eigenvalue weighted by atomic mass is 9.92. The highest BCUT2D eigenvalue weighted by molar-refractivity contribution is 5.81. The van der Waals surface area contributed by atoms with E-state index in [9.17, 15) is 4.79 Å². The molecule has 5 heteroatoms. The first-order valence-corrected chi connectivity index (χ1v) is 6.31. The van der Waals surface area contributed by atoms with Gasteiger partial charge in [0, 0.05) is 32.9 Å². The van der Waals surface area contributed by atoms with Crippen LogP contribution in [0.15, 0.2) is 6.07 Å². The first kappa shape index (κ1) is 15.3. The highest BCUT2D eigenvalue weighted by Gasteiger charge is 2.25. The lowest BCUT2D eigenvalue weighted by Gasteiger charge is -2.22. The summed E-state index contributed by atoms with van der Waals surface area (Å²) in [5.41, 5.74) is 2.36. The van der Waals surface area contributed by atoms with E-state index in [4.69, 9.17) is 5.26 Å². The number of nitrogens with zero attached hydrogens (tertiary/aromatic N) is 2. The molecular weight excluding hydrogens is 240 g/mol. The fourth-order valence-corrected chi connectivity index (χ4v) is 1.98. The Hall–Kier alpha value is -1.80. The van der Waals surface area contributed by atoms with Crippen LogP contribution in [-0.2, 0) is 18.4 Å². The van der Waals surface area contributed by atoms with Crippen molar-refractivity contribution in [3.8, 4) is 6.07 Å². The standard InChI is InChI=1S/C14H22N4O/c1-10-11(6-12(7-15)18(10)5)8-17-9-14(2,3)13(19)16-4/h6,17H,8-9H2,1-5H3,(H,16,19). The largest absolute Gasteiger partial charge is 0.359 e. The van der Waals surface area contributed by atoms with E-state index in [0.29, 0.717) is 18.8 Å². The van der Waals surface area contributed by atoms with Crippen LogP contribution in [0.5, 0.6) is 0 Å². The monoisotopic (exact) mass is 262 g/mol. The second kappa shape index (κ2) is 5.89. The van der Waals surface area contributed by atoms with Crippen LogP contribution in [0.1, 0.15) is 30.8 Å². The fraction of sp³-hybridized carbons (Fsp3) is 0.571. The molecule has 0 saturated carbocycles. The van der Waals surface area contributed by atoms with Gasteiger partial charge in [-0.25, -0.2) is 0 Å². The molecule has 1 aromatic heterocycles. The van der Waals surface area contributed by atoms with Gasteiger partial charge in [-0.15, -0.1) is 0 Å². The maximum absolute atomic E-state index is 11.6. The van der Waals surface area contributed by atoms with Gasteiger partial charge >= 0.3 is 0 Å². The molecule has 104 valence electrons. The summed E-state index contributed by atoms with van der Waals surface area (Å²) in [6, 6.07) is 4.05. The minimum atomic E-state index is -0.449. The van der Waals surface area contributed by atoms with E-state index in [1.807, 2.05) is 38.5 Å². The highest BCUT2D eigenvalue weighted by atomic mass is 16.2. The normalized spacial score (nSPS) is 11.2. The second-order valence-corrected chi connectivity index (χ2v) is 5.38. The molecule has 0 radical (unpaired) electrons. The van der Waals surface area contributed by atoms with Crippen LogP contribution in [0.2, 0.25) is 0 Å². The third-order valence-corrected chi connectivity index (χ3v) is 3.48. The Morgan fingerprint density at radius 3 is 2.63 bits per heavy atom. The van der Waals surface area contributed by atoms with E-state index in [2.05, 4.69) is 16.7 Å². The van der Waals surface area contributed by atoms with Gasteiger partial charge in [-0.3, -0.25) is 4.79 Å². The minimum absolute atomic E-state index is 0.0162. The summed E-state index contributed by atoms with van der Waals surface area (Å²) in [4.78, 5) is 11.6. The van der Waals surface area contributed by atoms with Gasteiger partial charge in [-0.05, 0) is 32.4 Å². The van der Waals surface area contributed by atoms with Crippen molar-refractivity contribution in [1.29, 1.82) is 5.26 Å². The van der Waals surface area contributed by atoms with E-state index in [-0.39, 0.29) is 5.91 Å². The van der Waals surface area contributed by atoms with Crippen molar-refractivity contribution in [3.05, 3.63) is 23.0 Å². The van der Waals surface area contributed by atoms with Gasteiger partial charge in [-0.2, -0.15) is 5.26 Å². The minimum Gasteiger partial charge on any atom is -0.359 e. The number of rotatable bonds is 5.